The number of allylic oxidation sites excluding steroid dienone is 1. The van der Waals surface area contributed by atoms with Crippen LogP contribution in [-0.2, 0) is 20.9 Å². The van der Waals surface area contributed by atoms with E-state index >= 15 is 0 Å². The van der Waals surface area contributed by atoms with Gasteiger partial charge in [0.25, 0.3) is 0 Å². The number of Topliss-reactive ketones (excluding diaryl/α,β-unsaturated/α-hetero) is 1. The number of ether oxygens (including phenoxy) is 1. The van der Waals surface area contributed by atoms with Crippen molar-refractivity contribution in [1.29, 1.82) is 0 Å². The van der Waals surface area contributed by atoms with Gasteiger partial charge in [-0.1, -0.05) is 35.9 Å². The molecule has 0 radical (unpaired) electrons. The van der Waals surface area contributed by atoms with Crippen LogP contribution in [0.4, 0.5) is 4.79 Å². The van der Waals surface area contributed by atoms with Crippen molar-refractivity contribution in [2.45, 2.75) is 26.0 Å². The molecule has 0 unspecified atom stereocenters. The van der Waals surface area contributed by atoms with Crippen LogP contribution < -0.4 is 0 Å². The lowest BCUT2D eigenvalue weighted by Gasteiger charge is -2.23. The molecule has 0 saturated carbocycles. The molecular formula is C17H19NO5. The fourth-order valence-electron chi connectivity index (χ4n) is 2.66. The van der Waals surface area contributed by atoms with E-state index in [9.17, 15) is 19.5 Å². The van der Waals surface area contributed by atoms with E-state index in [4.69, 9.17) is 4.74 Å². The molecule has 0 aromatic heterocycles. The fraction of sp³-hybridized carbons (Fsp3) is 0.353. The minimum atomic E-state index is -1.21. The summed E-state index contributed by atoms with van der Waals surface area (Å²) in [6, 6.07) is 7.84. The Kier molecular flexibility index (Phi) is 5.16. The number of carbonyl (C=O) groups excluding carboxylic acids is 2. The van der Waals surface area contributed by atoms with E-state index in [1.807, 2.05) is 18.2 Å². The Bertz CT molecular complexity index is 625. The molecule has 0 spiro atoms. The number of amides is 1. The molecule has 122 valence electrons. The molecule has 1 fully saturated rings. The number of carboxylic acid groups (broad SMARTS) is 1. The Morgan fingerprint density at radius 3 is 2.57 bits per heavy atom. The number of aliphatic carboxylic acids is 1. The van der Waals surface area contributed by atoms with Crippen LogP contribution in [0.5, 0.6) is 0 Å². The van der Waals surface area contributed by atoms with Crippen molar-refractivity contribution in [2.75, 3.05) is 6.54 Å². The van der Waals surface area contributed by atoms with Crippen LogP contribution in [0, 0.1) is 5.92 Å². The average Bonchev–Trinajstić information content (AvgIpc) is 2.82. The van der Waals surface area contributed by atoms with E-state index in [1.165, 1.54) is 0 Å². The normalized spacial score (nSPS) is 20.4. The second-order valence-electron chi connectivity index (χ2n) is 5.69. The first-order valence-corrected chi connectivity index (χ1v) is 7.27. The molecular weight excluding hydrogens is 298 g/mol. The van der Waals surface area contributed by atoms with Gasteiger partial charge in [-0.2, -0.15) is 0 Å². The predicted molar refractivity (Wildman–Crippen MR) is 82.7 cm³/mol. The summed E-state index contributed by atoms with van der Waals surface area (Å²) in [5.41, 5.74) is 1.49. The summed E-state index contributed by atoms with van der Waals surface area (Å²) in [4.78, 5) is 36.7. The largest absolute Gasteiger partial charge is 0.480 e. The summed E-state index contributed by atoms with van der Waals surface area (Å²) >= 11 is 0. The van der Waals surface area contributed by atoms with Crippen LogP contribution in [0.3, 0.4) is 0 Å². The summed E-state index contributed by atoms with van der Waals surface area (Å²) in [6.07, 6.45) is -0.544. The standard InChI is InChI=1S/C17H19NO5/c1-11(2)8-13-14(19)9-18(15(13)16(20)21)17(22)23-10-12-6-4-3-5-7-12/h3-7,13,15H,1,8-10H2,2H3,(H,20,21)/t13-,15-/m0/s1. The summed E-state index contributed by atoms with van der Waals surface area (Å²) in [7, 11) is 0. The first kappa shape index (κ1) is 16.7. The van der Waals surface area contributed by atoms with Crippen molar-refractivity contribution in [3.63, 3.8) is 0 Å². The van der Waals surface area contributed by atoms with Gasteiger partial charge in [-0.05, 0) is 18.9 Å². The van der Waals surface area contributed by atoms with Gasteiger partial charge in [-0.25, -0.2) is 9.59 Å². The van der Waals surface area contributed by atoms with Crippen molar-refractivity contribution < 1.29 is 24.2 Å². The highest BCUT2D eigenvalue weighted by molar-refractivity contribution is 5.97. The number of ketones is 1. The third-order valence-corrected chi connectivity index (χ3v) is 3.72. The van der Waals surface area contributed by atoms with Gasteiger partial charge in [0.05, 0.1) is 12.5 Å². The van der Waals surface area contributed by atoms with Crippen molar-refractivity contribution in [3.8, 4) is 0 Å². The van der Waals surface area contributed by atoms with Gasteiger partial charge < -0.3 is 9.84 Å². The van der Waals surface area contributed by atoms with Crippen LogP contribution in [0.1, 0.15) is 18.9 Å². The third-order valence-electron chi connectivity index (χ3n) is 3.72. The Balaban J connectivity index is 2.07. The third kappa shape index (κ3) is 3.97. The van der Waals surface area contributed by atoms with Gasteiger partial charge in [-0.15, -0.1) is 6.58 Å². The molecule has 1 amide bonds. The highest BCUT2D eigenvalue weighted by Gasteiger charge is 2.47. The smallest absolute Gasteiger partial charge is 0.411 e. The second-order valence-corrected chi connectivity index (χ2v) is 5.69. The molecule has 2 rings (SSSR count). The summed E-state index contributed by atoms with van der Waals surface area (Å²) in [6.45, 7) is 5.22. The highest BCUT2D eigenvalue weighted by Crippen LogP contribution is 2.28. The number of carbonyl (C=O) groups is 3. The van der Waals surface area contributed by atoms with Gasteiger partial charge in [0.2, 0.25) is 0 Å². The van der Waals surface area contributed by atoms with Crippen LogP contribution in [0.25, 0.3) is 0 Å². The monoisotopic (exact) mass is 317 g/mol. The van der Waals surface area contributed by atoms with Gasteiger partial charge >= 0.3 is 12.1 Å². The fourth-order valence-corrected chi connectivity index (χ4v) is 2.66. The number of rotatable bonds is 5. The first-order valence-electron chi connectivity index (χ1n) is 7.27. The molecule has 6 heteroatoms. The highest BCUT2D eigenvalue weighted by atomic mass is 16.6. The van der Waals surface area contributed by atoms with E-state index in [0.717, 1.165) is 10.5 Å². The Morgan fingerprint density at radius 1 is 1.35 bits per heavy atom. The summed E-state index contributed by atoms with van der Waals surface area (Å²) in [5, 5.41) is 9.39. The lowest BCUT2D eigenvalue weighted by molar-refractivity contribution is -0.143. The van der Waals surface area contributed by atoms with Crippen molar-refractivity contribution in [1.82, 2.24) is 4.90 Å². The zero-order valence-electron chi connectivity index (χ0n) is 12.9. The maximum atomic E-state index is 12.2. The molecule has 6 nitrogen and oxygen atoms in total. The topological polar surface area (TPSA) is 83.9 Å². The minimum absolute atomic E-state index is 0.0296. The Morgan fingerprint density at radius 2 is 2.00 bits per heavy atom. The van der Waals surface area contributed by atoms with Crippen LogP contribution in [-0.4, -0.2) is 40.4 Å². The molecule has 1 aromatic carbocycles. The molecule has 1 heterocycles. The van der Waals surface area contributed by atoms with E-state index < -0.39 is 24.0 Å². The quantitative estimate of drug-likeness (QED) is 0.842. The Labute approximate surface area is 134 Å². The summed E-state index contributed by atoms with van der Waals surface area (Å²) < 4.78 is 5.14. The zero-order chi connectivity index (χ0) is 17.0. The SMILES string of the molecule is C=C(C)C[C@H]1C(=O)CN(C(=O)OCc2ccccc2)[C@@H]1C(=O)O. The molecule has 1 N–H and O–H groups in total. The number of benzene rings is 1. The molecule has 0 bridgehead atoms. The summed E-state index contributed by atoms with van der Waals surface area (Å²) in [5.74, 6) is -2.26. The average molecular weight is 317 g/mol. The number of carboxylic acids is 1. The van der Waals surface area contributed by atoms with E-state index in [0.29, 0.717) is 5.57 Å². The van der Waals surface area contributed by atoms with Crippen molar-refractivity contribution in [3.05, 3.63) is 48.0 Å². The maximum absolute atomic E-state index is 12.2. The van der Waals surface area contributed by atoms with Gasteiger partial charge in [0, 0.05) is 0 Å². The molecule has 23 heavy (non-hydrogen) atoms. The van der Waals surface area contributed by atoms with Gasteiger partial charge in [-0.3, -0.25) is 9.69 Å². The van der Waals surface area contributed by atoms with Crippen LogP contribution in [0.15, 0.2) is 42.5 Å². The van der Waals surface area contributed by atoms with E-state index in [2.05, 4.69) is 6.58 Å². The second kappa shape index (κ2) is 7.09. The van der Waals surface area contributed by atoms with Gasteiger partial charge in [0.1, 0.15) is 12.6 Å². The lowest BCUT2D eigenvalue weighted by Crippen LogP contribution is -2.43. The zero-order valence-corrected chi connectivity index (χ0v) is 12.9. The van der Waals surface area contributed by atoms with Crippen LogP contribution in [0.2, 0.25) is 0 Å². The molecule has 2 atom stereocenters. The molecule has 1 aliphatic heterocycles. The van der Waals surface area contributed by atoms with Crippen LogP contribution >= 0.6 is 0 Å². The number of hydrogen-bond donors (Lipinski definition) is 1. The molecule has 1 aromatic rings. The minimum Gasteiger partial charge on any atom is -0.480 e. The van der Waals surface area contributed by atoms with Crippen molar-refractivity contribution >= 4 is 17.8 Å². The molecule has 1 aliphatic rings. The molecule has 0 aliphatic carbocycles. The lowest BCUT2D eigenvalue weighted by atomic mass is 9.92. The first-order chi connectivity index (χ1) is 10.9. The predicted octanol–water partition coefficient (Wildman–Crippen LogP) is 2.24. The number of likely N-dealkylation sites (tertiary alicyclic amines) is 1. The number of hydrogen-bond acceptors (Lipinski definition) is 4. The van der Waals surface area contributed by atoms with E-state index in [1.54, 1.807) is 19.1 Å². The Hall–Kier alpha value is -2.63. The van der Waals surface area contributed by atoms with Gasteiger partial charge in [0.15, 0.2) is 5.78 Å². The van der Waals surface area contributed by atoms with E-state index in [-0.39, 0.29) is 25.4 Å². The molecule has 1 saturated heterocycles. The maximum Gasteiger partial charge on any atom is 0.411 e. The number of nitrogens with zero attached hydrogens (tertiary/aromatic N) is 1. The van der Waals surface area contributed by atoms with Crippen molar-refractivity contribution in [2.24, 2.45) is 5.92 Å².